The highest BCUT2D eigenvalue weighted by molar-refractivity contribution is 5.36. The van der Waals surface area contributed by atoms with Gasteiger partial charge in [-0.15, -0.1) is 6.42 Å². The molecule has 0 aliphatic rings. The Morgan fingerprint density at radius 1 is 1.50 bits per heavy atom. The Bertz CT molecular complexity index is 339. The lowest BCUT2D eigenvalue weighted by molar-refractivity contribution is 0.411. The number of aryl methyl sites for hydroxylation is 1. The smallest absolute Gasteiger partial charge is 0.121 e. The molecule has 0 heterocycles. The van der Waals surface area contributed by atoms with Crippen LogP contribution in [-0.2, 0) is 6.54 Å². The van der Waals surface area contributed by atoms with Gasteiger partial charge < -0.3 is 10.1 Å². The molecule has 0 aliphatic carbocycles. The van der Waals surface area contributed by atoms with Crippen molar-refractivity contribution in [1.29, 1.82) is 0 Å². The molecule has 0 spiro atoms. The minimum Gasteiger partial charge on any atom is -0.496 e. The average Bonchev–Trinajstić information content (AvgIpc) is 2.18. The topological polar surface area (TPSA) is 21.3 Å². The third-order valence-corrected chi connectivity index (χ3v) is 2.02. The summed E-state index contributed by atoms with van der Waals surface area (Å²) in [5.41, 5.74) is 2.37. The largest absolute Gasteiger partial charge is 0.496 e. The van der Waals surface area contributed by atoms with Crippen molar-refractivity contribution in [1.82, 2.24) is 5.32 Å². The Labute approximate surface area is 85.3 Å². The van der Waals surface area contributed by atoms with Crippen LogP contribution in [0.25, 0.3) is 0 Å². The molecular weight excluding hydrogens is 174 g/mol. The first-order valence-corrected chi connectivity index (χ1v) is 4.55. The first-order valence-electron chi connectivity index (χ1n) is 4.55. The summed E-state index contributed by atoms with van der Waals surface area (Å²) in [6.07, 6.45) is 5.14. The maximum atomic E-state index is 5.17. The van der Waals surface area contributed by atoms with Gasteiger partial charge in [0.15, 0.2) is 0 Å². The fourth-order valence-electron chi connectivity index (χ4n) is 1.33. The van der Waals surface area contributed by atoms with Crippen molar-refractivity contribution in [2.45, 2.75) is 13.5 Å². The maximum Gasteiger partial charge on any atom is 0.121 e. The van der Waals surface area contributed by atoms with Crippen molar-refractivity contribution in [2.75, 3.05) is 13.7 Å². The molecule has 14 heavy (non-hydrogen) atoms. The van der Waals surface area contributed by atoms with Gasteiger partial charge in [0, 0.05) is 6.54 Å². The second-order valence-electron chi connectivity index (χ2n) is 3.11. The van der Waals surface area contributed by atoms with Gasteiger partial charge in [0.2, 0.25) is 0 Å². The number of hydrogen-bond donors (Lipinski definition) is 1. The summed E-state index contributed by atoms with van der Waals surface area (Å²) in [5, 5.41) is 3.14. The molecule has 0 amide bonds. The molecule has 0 saturated heterocycles. The van der Waals surface area contributed by atoms with Crippen LogP contribution < -0.4 is 10.1 Å². The molecule has 1 N–H and O–H groups in total. The van der Waals surface area contributed by atoms with Crippen LogP contribution in [0.3, 0.4) is 0 Å². The fraction of sp³-hybridized carbons (Fsp3) is 0.333. The predicted molar refractivity (Wildman–Crippen MR) is 58.3 cm³/mol. The molecule has 0 atom stereocenters. The quantitative estimate of drug-likeness (QED) is 0.575. The zero-order chi connectivity index (χ0) is 10.4. The van der Waals surface area contributed by atoms with Crippen LogP contribution in [0.15, 0.2) is 18.2 Å². The van der Waals surface area contributed by atoms with Crippen molar-refractivity contribution in [3.63, 3.8) is 0 Å². The summed E-state index contributed by atoms with van der Waals surface area (Å²) in [7, 11) is 1.68. The monoisotopic (exact) mass is 189 g/mol. The van der Waals surface area contributed by atoms with E-state index in [2.05, 4.69) is 17.3 Å². The minimum atomic E-state index is 0.602. The van der Waals surface area contributed by atoms with Gasteiger partial charge >= 0.3 is 0 Å². The predicted octanol–water partition coefficient (Wildman–Crippen LogP) is 1.73. The molecule has 0 saturated carbocycles. The molecule has 0 aliphatic heterocycles. The molecule has 0 radical (unpaired) electrons. The van der Waals surface area contributed by atoms with Gasteiger partial charge in [0.25, 0.3) is 0 Å². The van der Waals surface area contributed by atoms with Gasteiger partial charge in [-0.05, 0) is 24.1 Å². The van der Waals surface area contributed by atoms with Gasteiger partial charge in [0.1, 0.15) is 5.75 Å². The first-order chi connectivity index (χ1) is 6.77. The molecule has 2 nitrogen and oxygen atoms in total. The minimum absolute atomic E-state index is 0.602. The van der Waals surface area contributed by atoms with Crippen LogP contribution in [0.5, 0.6) is 5.75 Å². The van der Waals surface area contributed by atoms with Crippen molar-refractivity contribution in [3.8, 4) is 18.1 Å². The van der Waals surface area contributed by atoms with Crippen molar-refractivity contribution >= 4 is 0 Å². The number of terminal acetylenes is 1. The van der Waals surface area contributed by atoms with E-state index in [4.69, 9.17) is 11.2 Å². The summed E-state index contributed by atoms with van der Waals surface area (Å²) in [4.78, 5) is 0. The third-order valence-electron chi connectivity index (χ3n) is 2.02. The Balaban J connectivity index is 2.63. The summed E-state index contributed by atoms with van der Waals surface area (Å²) in [6, 6.07) is 6.11. The highest BCUT2D eigenvalue weighted by Crippen LogP contribution is 2.18. The maximum absolute atomic E-state index is 5.17. The third kappa shape index (κ3) is 2.79. The lowest BCUT2D eigenvalue weighted by Crippen LogP contribution is -2.12. The average molecular weight is 189 g/mol. The zero-order valence-corrected chi connectivity index (χ0v) is 8.63. The lowest BCUT2D eigenvalue weighted by atomic mass is 10.1. The second kappa shape index (κ2) is 5.31. The van der Waals surface area contributed by atoms with E-state index in [0.29, 0.717) is 6.54 Å². The van der Waals surface area contributed by atoms with E-state index in [0.717, 1.165) is 17.9 Å². The van der Waals surface area contributed by atoms with E-state index in [1.807, 2.05) is 19.1 Å². The number of nitrogens with one attached hydrogen (secondary N) is 1. The summed E-state index contributed by atoms with van der Waals surface area (Å²) in [5.74, 6) is 3.46. The molecule has 0 unspecified atom stereocenters. The number of rotatable bonds is 4. The van der Waals surface area contributed by atoms with Gasteiger partial charge in [-0.25, -0.2) is 0 Å². The second-order valence-corrected chi connectivity index (χ2v) is 3.11. The van der Waals surface area contributed by atoms with E-state index in [1.54, 1.807) is 7.11 Å². The number of methoxy groups -OCH3 is 1. The Morgan fingerprint density at radius 2 is 2.29 bits per heavy atom. The van der Waals surface area contributed by atoms with Crippen LogP contribution >= 0.6 is 0 Å². The van der Waals surface area contributed by atoms with E-state index in [1.165, 1.54) is 5.56 Å². The number of hydrogen-bond acceptors (Lipinski definition) is 2. The standard InChI is InChI=1S/C12H15NO/c1-4-7-13-9-11-5-6-12(14-3)10(2)8-11/h1,5-6,8,13H,7,9H2,2-3H3. The van der Waals surface area contributed by atoms with Crippen LogP contribution in [0.4, 0.5) is 0 Å². The summed E-state index contributed by atoms with van der Waals surface area (Å²) >= 11 is 0. The van der Waals surface area contributed by atoms with E-state index in [-0.39, 0.29) is 0 Å². The normalized spacial score (nSPS) is 9.50. The molecular formula is C12H15NO. The van der Waals surface area contributed by atoms with Gasteiger partial charge in [-0.3, -0.25) is 0 Å². The van der Waals surface area contributed by atoms with E-state index >= 15 is 0 Å². The van der Waals surface area contributed by atoms with Gasteiger partial charge in [0.05, 0.1) is 13.7 Å². The van der Waals surface area contributed by atoms with Crippen LogP contribution in [-0.4, -0.2) is 13.7 Å². The van der Waals surface area contributed by atoms with E-state index < -0.39 is 0 Å². The van der Waals surface area contributed by atoms with Gasteiger partial charge in [-0.1, -0.05) is 18.1 Å². The van der Waals surface area contributed by atoms with Gasteiger partial charge in [-0.2, -0.15) is 0 Å². The molecule has 1 rings (SSSR count). The molecule has 0 fully saturated rings. The van der Waals surface area contributed by atoms with Crippen molar-refractivity contribution in [3.05, 3.63) is 29.3 Å². The van der Waals surface area contributed by atoms with E-state index in [9.17, 15) is 0 Å². The fourth-order valence-corrected chi connectivity index (χ4v) is 1.33. The highest BCUT2D eigenvalue weighted by Gasteiger charge is 1.98. The molecule has 2 heteroatoms. The Kier molecular flexibility index (Phi) is 4.03. The number of ether oxygens (including phenoxy) is 1. The SMILES string of the molecule is C#CCNCc1ccc(OC)c(C)c1. The van der Waals surface area contributed by atoms with Crippen LogP contribution in [0, 0.1) is 19.3 Å². The lowest BCUT2D eigenvalue weighted by Gasteiger charge is -2.07. The molecule has 0 aromatic heterocycles. The summed E-state index contributed by atoms with van der Waals surface area (Å²) < 4.78 is 5.17. The first kappa shape index (κ1) is 10.6. The zero-order valence-electron chi connectivity index (χ0n) is 8.63. The Hall–Kier alpha value is -1.46. The molecule has 1 aromatic carbocycles. The van der Waals surface area contributed by atoms with Crippen molar-refractivity contribution in [2.24, 2.45) is 0 Å². The highest BCUT2D eigenvalue weighted by atomic mass is 16.5. The molecule has 74 valence electrons. The van der Waals surface area contributed by atoms with Crippen LogP contribution in [0.2, 0.25) is 0 Å². The molecule has 0 bridgehead atoms. The van der Waals surface area contributed by atoms with Crippen molar-refractivity contribution < 1.29 is 4.74 Å². The van der Waals surface area contributed by atoms with Crippen LogP contribution in [0.1, 0.15) is 11.1 Å². The summed E-state index contributed by atoms with van der Waals surface area (Å²) in [6.45, 7) is 3.43. The number of benzene rings is 1. The molecule has 1 aromatic rings. The Morgan fingerprint density at radius 3 is 2.86 bits per heavy atom.